The highest BCUT2D eigenvalue weighted by Gasteiger charge is 2.24. The average Bonchev–Trinajstić information content (AvgIpc) is 2.86. The third-order valence-electron chi connectivity index (χ3n) is 6.64. The molecule has 0 bridgehead atoms. The third kappa shape index (κ3) is 5.34. The third-order valence-corrected chi connectivity index (χ3v) is 6.64. The number of pyridine rings is 1. The van der Waals surface area contributed by atoms with Crippen LogP contribution in [0.3, 0.4) is 0 Å². The number of benzene rings is 1. The van der Waals surface area contributed by atoms with Gasteiger partial charge < -0.3 is 15.4 Å². The standard InChI is InChI=1S/C26H32N6O2/c1-18(33)24(31-26-22-8-2-3-9-23(22)28-17-29-26)16-34-21-7-5-13-32(15-21)14-20-11-10-19-6-4-12-27-25(19)30-20/h2-3,8-11,17,21,24H,4-7,12-16H2,1H3,(H,27,30)(H,28,29,31)/t21-,24-/m1/s1. The zero-order valence-corrected chi connectivity index (χ0v) is 19.7. The molecule has 0 saturated carbocycles. The minimum absolute atomic E-state index is 0.0288. The van der Waals surface area contributed by atoms with Crippen LogP contribution in [0.25, 0.3) is 10.9 Å². The molecule has 1 fully saturated rings. The highest BCUT2D eigenvalue weighted by atomic mass is 16.5. The molecule has 4 heterocycles. The molecule has 8 nitrogen and oxygen atoms in total. The lowest BCUT2D eigenvalue weighted by Crippen LogP contribution is -2.42. The Morgan fingerprint density at radius 1 is 1.24 bits per heavy atom. The summed E-state index contributed by atoms with van der Waals surface area (Å²) in [5, 5.41) is 7.60. The van der Waals surface area contributed by atoms with Gasteiger partial charge >= 0.3 is 0 Å². The first-order valence-electron chi connectivity index (χ1n) is 12.2. The Balaban J connectivity index is 1.18. The minimum Gasteiger partial charge on any atom is -0.374 e. The molecule has 0 unspecified atom stereocenters. The largest absolute Gasteiger partial charge is 0.374 e. The summed E-state index contributed by atoms with van der Waals surface area (Å²) in [7, 11) is 0. The van der Waals surface area contributed by atoms with Crippen LogP contribution in [0.4, 0.5) is 11.6 Å². The van der Waals surface area contributed by atoms with Gasteiger partial charge in [0.2, 0.25) is 0 Å². The average molecular weight is 461 g/mol. The van der Waals surface area contributed by atoms with E-state index >= 15 is 0 Å². The Morgan fingerprint density at radius 2 is 2.15 bits per heavy atom. The Bertz CT molecular complexity index is 1150. The summed E-state index contributed by atoms with van der Waals surface area (Å²) in [5.41, 5.74) is 3.25. The number of ketones is 1. The van der Waals surface area contributed by atoms with E-state index in [2.05, 4.69) is 37.6 Å². The van der Waals surface area contributed by atoms with Crippen LogP contribution < -0.4 is 10.6 Å². The number of hydrogen-bond donors (Lipinski definition) is 2. The topological polar surface area (TPSA) is 92.3 Å². The number of aryl methyl sites for hydroxylation is 1. The second kappa shape index (κ2) is 10.4. The number of Topliss-reactive ketones (excluding diaryl/α,β-unsaturated/α-hetero) is 1. The summed E-state index contributed by atoms with van der Waals surface area (Å²) in [6.45, 7) is 5.59. The molecule has 1 saturated heterocycles. The molecule has 0 amide bonds. The molecule has 0 aliphatic carbocycles. The lowest BCUT2D eigenvalue weighted by Gasteiger charge is -2.33. The van der Waals surface area contributed by atoms with Crippen molar-refractivity contribution in [2.75, 3.05) is 36.9 Å². The van der Waals surface area contributed by atoms with Crippen molar-refractivity contribution in [3.63, 3.8) is 0 Å². The number of rotatable bonds is 8. The Hall–Kier alpha value is -3.10. The number of carbonyl (C=O) groups excluding carboxylic acids is 1. The van der Waals surface area contributed by atoms with Crippen molar-refractivity contribution in [1.82, 2.24) is 19.9 Å². The predicted molar refractivity (Wildman–Crippen MR) is 133 cm³/mol. The maximum absolute atomic E-state index is 12.4. The summed E-state index contributed by atoms with van der Waals surface area (Å²) >= 11 is 0. The zero-order chi connectivity index (χ0) is 23.3. The number of anilines is 2. The van der Waals surface area contributed by atoms with E-state index in [0.717, 1.165) is 67.9 Å². The number of carbonyl (C=O) groups is 1. The van der Waals surface area contributed by atoms with Gasteiger partial charge in [-0.25, -0.2) is 15.0 Å². The smallest absolute Gasteiger partial charge is 0.154 e. The molecule has 1 aromatic carbocycles. The van der Waals surface area contributed by atoms with Crippen LogP contribution in [0.1, 0.15) is 37.4 Å². The maximum atomic E-state index is 12.4. The molecule has 3 aromatic rings. The van der Waals surface area contributed by atoms with Crippen molar-refractivity contribution in [3.05, 3.63) is 54.0 Å². The molecule has 178 valence electrons. The van der Waals surface area contributed by atoms with E-state index in [1.807, 2.05) is 24.3 Å². The number of fused-ring (bicyclic) bond motifs is 2. The van der Waals surface area contributed by atoms with Crippen LogP contribution in [0, 0.1) is 0 Å². The normalized spacial score (nSPS) is 19.3. The van der Waals surface area contributed by atoms with E-state index in [9.17, 15) is 4.79 Å². The van der Waals surface area contributed by atoms with Crippen molar-refractivity contribution in [3.8, 4) is 0 Å². The molecular formula is C26H32N6O2. The van der Waals surface area contributed by atoms with Crippen LogP contribution in [0.15, 0.2) is 42.7 Å². The molecule has 2 aliphatic rings. The van der Waals surface area contributed by atoms with E-state index in [-0.39, 0.29) is 11.9 Å². The quantitative estimate of drug-likeness (QED) is 0.528. The number of piperidine rings is 1. The number of nitrogens with one attached hydrogen (secondary N) is 2. The first-order valence-corrected chi connectivity index (χ1v) is 12.2. The Kier molecular flexibility index (Phi) is 6.97. The van der Waals surface area contributed by atoms with Crippen molar-refractivity contribution in [2.45, 2.75) is 51.3 Å². The van der Waals surface area contributed by atoms with Crippen LogP contribution in [-0.2, 0) is 22.5 Å². The molecule has 2 N–H and O–H groups in total. The Morgan fingerprint density at radius 3 is 3.06 bits per heavy atom. The van der Waals surface area contributed by atoms with Gasteiger partial charge in [0.1, 0.15) is 24.0 Å². The van der Waals surface area contributed by atoms with E-state index in [0.29, 0.717) is 12.4 Å². The Labute approximate surface area is 200 Å². The molecule has 2 atom stereocenters. The highest BCUT2D eigenvalue weighted by Crippen LogP contribution is 2.23. The summed E-state index contributed by atoms with van der Waals surface area (Å²) in [4.78, 5) is 28.3. The number of para-hydroxylation sites is 1. The second-order valence-electron chi connectivity index (χ2n) is 9.22. The van der Waals surface area contributed by atoms with E-state index < -0.39 is 6.04 Å². The predicted octanol–water partition coefficient (Wildman–Crippen LogP) is 3.43. The van der Waals surface area contributed by atoms with Gasteiger partial charge in [-0.3, -0.25) is 9.69 Å². The first-order chi connectivity index (χ1) is 16.7. The molecule has 0 radical (unpaired) electrons. The van der Waals surface area contributed by atoms with Gasteiger partial charge in [-0.1, -0.05) is 18.2 Å². The van der Waals surface area contributed by atoms with Gasteiger partial charge in [0.05, 0.1) is 23.9 Å². The van der Waals surface area contributed by atoms with Gasteiger partial charge in [0, 0.05) is 25.0 Å². The van der Waals surface area contributed by atoms with Crippen molar-refractivity contribution in [1.29, 1.82) is 0 Å². The fourth-order valence-corrected chi connectivity index (χ4v) is 4.76. The molecule has 2 aliphatic heterocycles. The van der Waals surface area contributed by atoms with Crippen molar-refractivity contribution >= 4 is 28.3 Å². The first kappa shape index (κ1) is 22.7. The molecule has 5 rings (SSSR count). The number of aromatic nitrogens is 3. The zero-order valence-electron chi connectivity index (χ0n) is 19.7. The highest BCUT2D eigenvalue weighted by molar-refractivity contribution is 5.91. The van der Waals surface area contributed by atoms with Gasteiger partial charge in [0.25, 0.3) is 0 Å². The number of ether oxygens (including phenoxy) is 1. The molecule has 8 heteroatoms. The summed E-state index contributed by atoms with van der Waals surface area (Å²) in [5.74, 6) is 1.73. The lowest BCUT2D eigenvalue weighted by atomic mass is 10.1. The van der Waals surface area contributed by atoms with Gasteiger partial charge in [0.15, 0.2) is 5.78 Å². The van der Waals surface area contributed by atoms with Crippen LogP contribution in [-0.4, -0.2) is 64.0 Å². The second-order valence-corrected chi connectivity index (χ2v) is 9.22. The molecule has 2 aromatic heterocycles. The molecular weight excluding hydrogens is 428 g/mol. The summed E-state index contributed by atoms with van der Waals surface area (Å²) < 4.78 is 6.25. The van der Waals surface area contributed by atoms with Crippen molar-refractivity contribution in [2.24, 2.45) is 0 Å². The minimum atomic E-state index is -0.456. The monoisotopic (exact) mass is 460 g/mol. The van der Waals surface area contributed by atoms with Crippen LogP contribution in [0.5, 0.6) is 0 Å². The summed E-state index contributed by atoms with van der Waals surface area (Å²) in [6, 6.07) is 11.7. The summed E-state index contributed by atoms with van der Waals surface area (Å²) in [6.07, 6.45) is 5.95. The van der Waals surface area contributed by atoms with Gasteiger partial charge in [-0.15, -0.1) is 0 Å². The fraction of sp³-hybridized carbons (Fsp3) is 0.462. The molecule has 34 heavy (non-hydrogen) atoms. The number of hydrogen-bond acceptors (Lipinski definition) is 8. The van der Waals surface area contributed by atoms with E-state index in [1.54, 1.807) is 6.92 Å². The number of nitrogens with zero attached hydrogens (tertiary/aromatic N) is 4. The maximum Gasteiger partial charge on any atom is 0.154 e. The fourth-order valence-electron chi connectivity index (χ4n) is 4.76. The van der Waals surface area contributed by atoms with E-state index in [1.165, 1.54) is 18.3 Å². The van der Waals surface area contributed by atoms with E-state index in [4.69, 9.17) is 9.72 Å². The SMILES string of the molecule is CC(=O)[C@@H](CO[C@@H]1CCCN(Cc2ccc3c(n2)NCCC3)C1)Nc1ncnc2ccccc12. The van der Waals surface area contributed by atoms with Crippen molar-refractivity contribution < 1.29 is 9.53 Å². The molecule has 0 spiro atoms. The van der Waals surface area contributed by atoms with Crippen LogP contribution >= 0.6 is 0 Å². The van der Waals surface area contributed by atoms with Crippen LogP contribution in [0.2, 0.25) is 0 Å². The lowest BCUT2D eigenvalue weighted by molar-refractivity contribution is -0.119. The van der Waals surface area contributed by atoms with Gasteiger partial charge in [-0.05, 0) is 62.9 Å². The van der Waals surface area contributed by atoms with Gasteiger partial charge in [-0.2, -0.15) is 0 Å². The number of likely N-dealkylation sites (tertiary alicyclic amines) is 1.